The summed E-state index contributed by atoms with van der Waals surface area (Å²) >= 11 is 1.31. The zero-order valence-electron chi connectivity index (χ0n) is 24.6. The van der Waals surface area contributed by atoms with E-state index < -0.39 is 17.8 Å². The lowest BCUT2D eigenvalue weighted by molar-refractivity contribution is 0.0598. The number of fused-ring (bicyclic) bond motifs is 4. The molecule has 4 heterocycles. The van der Waals surface area contributed by atoms with Crippen molar-refractivity contribution >= 4 is 52.2 Å². The van der Waals surface area contributed by atoms with Gasteiger partial charge in [0.05, 0.1) is 41.6 Å². The number of nitrogens with zero attached hydrogens (tertiary/aromatic N) is 2. The van der Waals surface area contributed by atoms with Crippen LogP contribution in [0.3, 0.4) is 0 Å². The Labute approximate surface area is 262 Å². The van der Waals surface area contributed by atoms with Crippen molar-refractivity contribution in [3.05, 3.63) is 110 Å². The van der Waals surface area contributed by atoms with Gasteiger partial charge in [-0.3, -0.25) is 14.4 Å². The Balaban J connectivity index is 1.32. The molecule has 2 atom stereocenters. The molecule has 0 aliphatic carbocycles. The lowest BCUT2D eigenvalue weighted by Gasteiger charge is -2.44. The summed E-state index contributed by atoms with van der Waals surface area (Å²) < 4.78 is 11.4. The molecule has 2 unspecified atom stereocenters. The molecular weight excluding hydrogens is 596 g/mol. The number of nitrogens with one attached hydrogen (secondary N) is 2. The molecule has 2 N–H and O–H groups in total. The molecule has 2 aliphatic rings. The SMILES string of the molecule is COC(=O)c1cc(NC(=O)c2ccc(N3CC4CC(C3)c3cccc(=O)n3C4)c(NC(=O)c3cccs3)c2)cc(C(=O)OC)c1. The molecule has 4 aromatic rings. The van der Waals surface area contributed by atoms with E-state index in [1.807, 2.05) is 22.1 Å². The monoisotopic (exact) mass is 626 g/mol. The van der Waals surface area contributed by atoms with Crippen molar-refractivity contribution in [1.82, 2.24) is 4.57 Å². The van der Waals surface area contributed by atoms with Crippen molar-refractivity contribution in [2.24, 2.45) is 5.92 Å². The van der Waals surface area contributed by atoms with Crippen molar-refractivity contribution in [1.29, 1.82) is 0 Å². The largest absolute Gasteiger partial charge is 0.465 e. The van der Waals surface area contributed by atoms with E-state index in [0.29, 0.717) is 30.2 Å². The van der Waals surface area contributed by atoms with Crippen LogP contribution in [0.1, 0.15) is 58.8 Å². The van der Waals surface area contributed by atoms with Crippen molar-refractivity contribution in [3.63, 3.8) is 0 Å². The number of anilines is 3. The van der Waals surface area contributed by atoms with Crippen LogP contribution < -0.4 is 21.1 Å². The predicted molar refractivity (Wildman–Crippen MR) is 170 cm³/mol. The maximum atomic E-state index is 13.5. The summed E-state index contributed by atoms with van der Waals surface area (Å²) in [6, 6.07) is 18.1. The van der Waals surface area contributed by atoms with Crippen LogP contribution in [0.5, 0.6) is 0 Å². The van der Waals surface area contributed by atoms with E-state index in [1.54, 1.807) is 36.4 Å². The Morgan fingerprint density at radius 3 is 2.24 bits per heavy atom. The van der Waals surface area contributed by atoms with Crippen LogP contribution in [0.2, 0.25) is 0 Å². The van der Waals surface area contributed by atoms with E-state index in [9.17, 15) is 24.0 Å². The first-order chi connectivity index (χ1) is 21.7. The lowest BCUT2D eigenvalue weighted by Crippen LogP contribution is -2.47. The van der Waals surface area contributed by atoms with E-state index in [1.165, 1.54) is 43.8 Å². The molecule has 2 aliphatic heterocycles. The van der Waals surface area contributed by atoms with Gasteiger partial charge in [-0.1, -0.05) is 12.1 Å². The predicted octanol–water partition coefficient (Wildman–Crippen LogP) is 4.61. The second kappa shape index (κ2) is 12.4. The number of pyridine rings is 1. The van der Waals surface area contributed by atoms with Crippen molar-refractivity contribution < 1.29 is 28.7 Å². The van der Waals surface area contributed by atoms with Gasteiger partial charge >= 0.3 is 11.9 Å². The normalized spacial score (nSPS) is 16.7. The average Bonchev–Trinajstić information content (AvgIpc) is 3.60. The Morgan fingerprint density at radius 2 is 1.56 bits per heavy atom. The Kier molecular flexibility index (Phi) is 8.22. The molecule has 2 amide bonds. The molecule has 1 fully saturated rings. The molecule has 1 saturated heterocycles. The Bertz CT molecular complexity index is 1830. The highest BCUT2D eigenvalue weighted by Crippen LogP contribution is 2.39. The minimum absolute atomic E-state index is 0.00532. The van der Waals surface area contributed by atoms with E-state index in [0.717, 1.165) is 17.8 Å². The number of amides is 2. The minimum Gasteiger partial charge on any atom is -0.465 e. The standard InChI is InChI=1S/C33H30N4O7S/c1-43-32(41)21-12-22(33(42)44-2)14-24(13-21)34-30(39)20-8-9-27(25(15-20)35-31(40)28-6-4-10-45-28)36-16-19-11-23(18-36)26-5-3-7-29(38)37(26)17-19/h3-10,12-15,19,23H,11,16-18H2,1-2H3,(H,34,39)(H,35,40). The second-order valence-electron chi connectivity index (χ2n) is 11.0. The van der Waals surface area contributed by atoms with Gasteiger partial charge in [0.15, 0.2) is 0 Å². The lowest BCUT2D eigenvalue weighted by atomic mass is 9.83. The number of hydrogen-bond donors (Lipinski definition) is 2. The van der Waals surface area contributed by atoms with Crippen LogP contribution in [0, 0.1) is 5.92 Å². The van der Waals surface area contributed by atoms with Crippen LogP contribution in [0.15, 0.2) is 76.9 Å². The van der Waals surface area contributed by atoms with Gasteiger partial charge in [0.1, 0.15) is 0 Å². The van der Waals surface area contributed by atoms with Crippen LogP contribution in [-0.2, 0) is 16.0 Å². The quantitative estimate of drug-likeness (QED) is 0.284. The average molecular weight is 627 g/mol. The number of methoxy groups -OCH3 is 2. The van der Waals surface area contributed by atoms with E-state index >= 15 is 0 Å². The van der Waals surface area contributed by atoms with Crippen LogP contribution in [0.25, 0.3) is 0 Å². The van der Waals surface area contributed by atoms with Gasteiger partial charge < -0.3 is 29.6 Å². The van der Waals surface area contributed by atoms with Crippen LogP contribution in [0.4, 0.5) is 17.1 Å². The fourth-order valence-electron chi connectivity index (χ4n) is 6.11. The fourth-order valence-corrected chi connectivity index (χ4v) is 6.73. The molecule has 2 aromatic carbocycles. The van der Waals surface area contributed by atoms with E-state index in [4.69, 9.17) is 9.47 Å². The van der Waals surface area contributed by atoms with Gasteiger partial charge in [-0.05, 0) is 66.2 Å². The van der Waals surface area contributed by atoms with Crippen molar-refractivity contribution in [3.8, 4) is 0 Å². The summed E-state index contributed by atoms with van der Waals surface area (Å²) in [6.45, 7) is 1.95. The fraction of sp³-hybridized carbons (Fsp3) is 0.242. The summed E-state index contributed by atoms with van der Waals surface area (Å²) in [5, 5.41) is 7.56. The van der Waals surface area contributed by atoms with Gasteiger partial charge in [-0.15, -0.1) is 11.3 Å². The number of thiophene rings is 1. The van der Waals surface area contributed by atoms with Gasteiger partial charge in [-0.25, -0.2) is 9.59 Å². The highest BCUT2D eigenvalue weighted by Gasteiger charge is 2.35. The molecule has 0 saturated carbocycles. The third-order valence-electron chi connectivity index (χ3n) is 8.11. The maximum absolute atomic E-state index is 13.5. The number of rotatable bonds is 7. The Hall–Kier alpha value is -5.23. The first-order valence-corrected chi connectivity index (χ1v) is 15.2. The molecule has 11 nitrogen and oxygen atoms in total. The molecule has 230 valence electrons. The molecule has 6 rings (SSSR count). The molecular formula is C33H30N4O7S. The maximum Gasteiger partial charge on any atom is 0.337 e. The molecule has 2 bridgehead atoms. The summed E-state index contributed by atoms with van der Waals surface area (Å²) in [7, 11) is 2.43. The number of aromatic nitrogens is 1. The highest BCUT2D eigenvalue weighted by molar-refractivity contribution is 7.12. The number of benzene rings is 2. The summed E-state index contributed by atoms with van der Waals surface area (Å²) in [4.78, 5) is 66.4. The second-order valence-corrected chi connectivity index (χ2v) is 12.0. The van der Waals surface area contributed by atoms with Gasteiger partial charge in [0.25, 0.3) is 17.4 Å². The van der Waals surface area contributed by atoms with Crippen molar-refractivity contribution in [2.75, 3.05) is 42.8 Å². The summed E-state index contributed by atoms with van der Waals surface area (Å²) in [6.07, 6.45) is 0.968. The van der Waals surface area contributed by atoms with Gasteiger partial charge in [0, 0.05) is 48.6 Å². The van der Waals surface area contributed by atoms with E-state index in [-0.39, 0.29) is 45.7 Å². The highest BCUT2D eigenvalue weighted by atomic mass is 32.1. The topological polar surface area (TPSA) is 136 Å². The number of carbonyl (C=O) groups is 4. The summed E-state index contributed by atoms with van der Waals surface area (Å²) in [5.74, 6) is -1.80. The van der Waals surface area contributed by atoms with E-state index in [2.05, 4.69) is 15.5 Å². The van der Waals surface area contributed by atoms with Gasteiger partial charge in [-0.2, -0.15) is 0 Å². The zero-order chi connectivity index (χ0) is 31.7. The minimum atomic E-state index is -0.682. The Morgan fingerprint density at radius 1 is 0.800 bits per heavy atom. The van der Waals surface area contributed by atoms with Crippen LogP contribution in [-0.4, -0.2) is 55.6 Å². The third-order valence-corrected chi connectivity index (χ3v) is 8.97. The number of piperidine rings is 1. The smallest absolute Gasteiger partial charge is 0.337 e. The number of ether oxygens (including phenoxy) is 2. The number of esters is 2. The third kappa shape index (κ3) is 6.09. The first-order valence-electron chi connectivity index (χ1n) is 14.3. The molecule has 0 radical (unpaired) electrons. The van der Waals surface area contributed by atoms with Crippen molar-refractivity contribution in [2.45, 2.75) is 18.9 Å². The summed E-state index contributed by atoms with van der Waals surface area (Å²) in [5.41, 5.74) is 2.80. The number of carbonyl (C=O) groups excluding carboxylic acids is 4. The molecule has 12 heteroatoms. The molecule has 2 aromatic heterocycles. The van der Waals surface area contributed by atoms with Crippen LogP contribution >= 0.6 is 11.3 Å². The number of hydrogen-bond acceptors (Lipinski definition) is 9. The zero-order valence-corrected chi connectivity index (χ0v) is 25.4. The molecule has 45 heavy (non-hydrogen) atoms. The first kappa shape index (κ1) is 29.8. The molecule has 0 spiro atoms. The van der Waals surface area contributed by atoms with Gasteiger partial charge in [0.2, 0.25) is 0 Å².